The number of hydrogen-bond acceptors (Lipinski definition) is 1. The van der Waals surface area contributed by atoms with E-state index in [2.05, 4.69) is 0 Å². The Balaban J connectivity index is 3.22. The van der Waals surface area contributed by atoms with E-state index in [1.807, 2.05) is 13.8 Å². The molecule has 2 nitrogen and oxygen atoms in total. The van der Waals surface area contributed by atoms with E-state index in [1.165, 1.54) is 6.07 Å². The molecule has 1 rings (SSSR count). The van der Waals surface area contributed by atoms with Gasteiger partial charge < -0.3 is 5.11 Å². The van der Waals surface area contributed by atoms with Gasteiger partial charge in [-0.2, -0.15) is 0 Å². The summed E-state index contributed by atoms with van der Waals surface area (Å²) in [5.74, 6) is -1.08. The molecule has 1 N–H and O–H groups in total. The molecular weight excluding hydrogens is 207 g/mol. The van der Waals surface area contributed by atoms with Crippen LogP contribution in [0.15, 0.2) is 12.1 Å². The summed E-state index contributed by atoms with van der Waals surface area (Å²) in [4.78, 5) is 10.8. The minimum Gasteiger partial charge on any atom is -0.481 e. The van der Waals surface area contributed by atoms with Crippen LogP contribution in [0, 0.1) is 19.7 Å². The number of aliphatic carboxylic acids is 1. The second kappa shape index (κ2) is 4.24. The third-order valence-electron chi connectivity index (χ3n) is 2.83. The van der Waals surface area contributed by atoms with Gasteiger partial charge in [0, 0.05) is 5.41 Å². The number of aryl methyl sites for hydroxylation is 2. The first-order valence-corrected chi connectivity index (χ1v) is 5.23. The minimum absolute atomic E-state index is 0.0406. The van der Waals surface area contributed by atoms with Crippen molar-refractivity contribution >= 4 is 5.97 Å². The van der Waals surface area contributed by atoms with Gasteiger partial charge in [0.25, 0.3) is 0 Å². The van der Waals surface area contributed by atoms with Crippen molar-refractivity contribution in [2.45, 2.75) is 39.5 Å². The normalized spacial score (nSPS) is 11.6. The first kappa shape index (κ1) is 12.7. The van der Waals surface area contributed by atoms with Crippen LogP contribution in [-0.4, -0.2) is 11.1 Å². The summed E-state index contributed by atoms with van der Waals surface area (Å²) < 4.78 is 13.3. The number of carboxylic acids is 1. The van der Waals surface area contributed by atoms with E-state index in [0.717, 1.165) is 11.1 Å². The molecule has 0 aromatic heterocycles. The summed E-state index contributed by atoms with van der Waals surface area (Å²) in [5.41, 5.74) is 1.77. The molecule has 0 fully saturated rings. The molecule has 1 aromatic carbocycles. The smallest absolute Gasteiger partial charge is 0.304 e. The molecule has 16 heavy (non-hydrogen) atoms. The SMILES string of the molecule is Cc1cc(C(C)(C)CC(=O)O)c(C)cc1F. The molecule has 0 unspecified atom stereocenters. The highest BCUT2D eigenvalue weighted by Crippen LogP contribution is 2.31. The molecule has 3 heteroatoms. The maximum absolute atomic E-state index is 13.3. The number of halogens is 1. The lowest BCUT2D eigenvalue weighted by Gasteiger charge is -2.25. The summed E-state index contributed by atoms with van der Waals surface area (Å²) >= 11 is 0. The van der Waals surface area contributed by atoms with Crippen LogP contribution in [0.2, 0.25) is 0 Å². The van der Waals surface area contributed by atoms with Crippen molar-refractivity contribution in [3.05, 3.63) is 34.6 Å². The van der Waals surface area contributed by atoms with E-state index in [4.69, 9.17) is 5.11 Å². The lowest BCUT2D eigenvalue weighted by Crippen LogP contribution is -2.23. The van der Waals surface area contributed by atoms with Crippen molar-refractivity contribution in [1.29, 1.82) is 0 Å². The summed E-state index contributed by atoms with van der Waals surface area (Å²) in [7, 11) is 0. The maximum atomic E-state index is 13.3. The molecule has 0 atom stereocenters. The first-order valence-electron chi connectivity index (χ1n) is 5.23. The molecule has 0 spiro atoms. The Bertz CT molecular complexity index is 422. The number of carboxylic acid groups (broad SMARTS) is 1. The highest BCUT2D eigenvalue weighted by atomic mass is 19.1. The molecule has 0 radical (unpaired) electrons. The number of rotatable bonds is 3. The molecule has 0 aliphatic rings. The molecule has 0 aliphatic heterocycles. The van der Waals surface area contributed by atoms with Crippen LogP contribution in [-0.2, 0) is 10.2 Å². The fourth-order valence-corrected chi connectivity index (χ4v) is 1.98. The zero-order chi connectivity index (χ0) is 12.5. The highest BCUT2D eigenvalue weighted by Gasteiger charge is 2.26. The van der Waals surface area contributed by atoms with Gasteiger partial charge in [0.15, 0.2) is 0 Å². The monoisotopic (exact) mass is 224 g/mol. The van der Waals surface area contributed by atoms with Gasteiger partial charge in [0.2, 0.25) is 0 Å². The summed E-state index contributed by atoms with van der Waals surface area (Å²) in [5, 5.41) is 8.85. The number of hydrogen-bond donors (Lipinski definition) is 1. The second-order valence-electron chi connectivity index (χ2n) is 4.87. The van der Waals surface area contributed by atoms with E-state index >= 15 is 0 Å². The zero-order valence-electron chi connectivity index (χ0n) is 10.1. The van der Waals surface area contributed by atoms with Crippen molar-refractivity contribution in [2.75, 3.05) is 0 Å². The molecule has 0 saturated carbocycles. The van der Waals surface area contributed by atoms with Crippen molar-refractivity contribution in [2.24, 2.45) is 0 Å². The first-order chi connectivity index (χ1) is 7.24. The van der Waals surface area contributed by atoms with Crippen LogP contribution in [0.3, 0.4) is 0 Å². The van der Waals surface area contributed by atoms with E-state index < -0.39 is 11.4 Å². The predicted octanol–water partition coefficient (Wildman–Crippen LogP) is 3.19. The second-order valence-corrected chi connectivity index (χ2v) is 4.87. The van der Waals surface area contributed by atoms with Crippen molar-refractivity contribution in [3.8, 4) is 0 Å². The molecule has 0 amide bonds. The van der Waals surface area contributed by atoms with Gasteiger partial charge in [0.1, 0.15) is 5.82 Å². The maximum Gasteiger partial charge on any atom is 0.304 e. The Hall–Kier alpha value is -1.38. The van der Waals surface area contributed by atoms with Crippen LogP contribution < -0.4 is 0 Å². The fourth-order valence-electron chi connectivity index (χ4n) is 1.98. The number of benzene rings is 1. The largest absolute Gasteiger partial charge is 0.481 e. The van der Waals surface area contributed by atoms with Gasteiger partial charge in [-0.3, -0.25) is 4.79 Å². The minimum atomic E-state index is -0.841. The topological polar surface area (TPSA) is 37.3 Å². The Morgan fingerprint density at radius 2 is 1.88 bits per heavy atom. The van der Waals surface area contributed by atoms with Gasteiger partial charge in [-0.15, -0.1) is 0 Å². The quantitative estimate of drug-likeness (QED) is 0.856. The Morgan fingerprint density at radius 3 is 2.38 bits per heavy atom. The molecule has 0 heterocycles. The summed E-state index contributed by atoms with van der Waals surface area (Å²) in [6, 6.07) is 3.21. The molecule has 0 aliphatic carbocycles. The Morgan fingerprint density at radius 1 is 1.31 bits per heavy atom. The van der Waals surface area contributed by atoms with Gasteiger partial charge in [-0.05, 0) is 36.6 Å². The summed E-state index contributed by atoms with van der Waals surface area (Å²) in [6.07, 6.45) is 0.0406. The van der Waals surface area contributed by atoms with Crippen LogP contribution in [0.1, 0.15) is 37.0 Å². The molecular formula is C13H17FO2. The standard InChI is InChI=1S/C13H17FO2/c1-8-6-11(14)9(2)5-10(8)13(3,4)7-12(15)16/h5-6H,7H2,1-4H3,(H,15,16). The van der Waals surface area contributed by atoms with Gasteiger partial charge in [-0.1, -0.05) is 19.9 Å². The Kier molecular flexibility index (Phi) is 3.36. The van der Waals surface area contributed by atoms with E-state index in [-0.39, 0.29) is 12.2 Å². The van der Waals surface area contributed by atoms with Gasteiger partial charge >= 0.3 is 5.97 Å². The zero-order valence-corrected chi connectivity index (χ0v) is 10.1. The van der Waals surface area contributed by atoms with Gasteiger partial charge in [0.05, 0.1) is 6.42 Å². The van der Waals surface area contributed by atoms with E-state index in [1.54, 1.807) is 19.9 Å². The molecule has 0 saturated heterocycles. The Labute approximate surface area is 95.1 Å². The third-order valence-corrected chi connectivity index (χ3v) is 2.83. The predicted molar refractivity (Wildman–Crippen MR) is 61.2 cm³/mol. The third kappa shape index (κ3) is 2.60. The fraction of sp³-hybridized carbons (Fsp3) is 0.462. The van der Waals surface area contributed by atoms with Crippen LogP contribution in [0.5, 0.6) is 0 Å². The van der Waals surface area contributed by atoms with E-state index in [0.29, 0.717) is 5.56 Å². The van der Waals surface area contributed by atoms with Crippen molar-refractivity contribution < 1.29 is 14.3 Å². The van der Waals surface area contributed by atoms with Crippen LogP contribution in [0.25, 0.3) is 0 Å². The molecule has 88 valence electrons. The van der Waals surface area contributed by atoms with Crippen LogP contribution in [0.4, 0.5) is 4.39 Å². The van der Waals surface area contributed by atoms with Crippen molar-refractivity contribution in [1.82, 2.24) is 0 Å². The van der Waals surface area contributed by atoms with Gasteiger partial charge in [-0.25, -0.2) is 4.39 Å². The van der Waals surface area contributed by atoms with Crippen LogP contribution >= 0.6 is 0 Å². The molecule has 1 aromatic rings. The van der Waals surface area contributed by atoms with E-state index in [9.17, 15) is 9.18 Å². The lowest BCUT2D eigenvalue weighted by molar-refractivity contribution is -0.138. The van der Waals surface area contributed by atoms with Crippen molar-refractivity contribution in [3.63, 3.8) is 0 Å². The molecule has 0 bridgehead atoms. The average Bonchev–Trinajstić information content (AvgIpc) is 2.08. The highest BCUT2D eigenvalue weighted by molar-refractivity contribution is 5.69. The average molecular weight is 224 g/mol. The summed E-state index contributed by atoms with van der Waals surface area (Å²) in [6.45, 7) is 7.22. The lowest BCUT2D eigenvalue weighted by atomic mass is 9.78. The number of carbonyl (C=O) groups is 1.